The predicted octanol–water partition coefficient (Wildman–Crippen LogP) is 1.36. The minimum absolute atomic E-state index is 0.217. The third kappa shape index (κ3) is 3.39. The van der Waals surface area contributed by atoms with Crippen molar-refractivity contribution < 1.29 is 22.7 Å². The smallest absolute Gasteiger partial charge is 0.322 e. The molecule has 2 heterocycles. The average molecular weight is 338 g/mol. The van der Waals surface area contributed by atoms with Crippen molar-refractivity contribution in [3.05, 3.63) is 36.1 Å². The molecule has 1 aromatic carbocycles. The number of benzene rings is 1. The summed E-state index contributed by atoms with van der Waals surface area (Å²) in [5.41, 5.74) is 1.77. The average Bonchev–Trinajstić information content (AvgIpc) is 3.16. The molecule has 23 heavy (non-hydrogen) atoms. The molecule has 0 unspecified atom stereocenters. The number of nitrogens with zero attached hydrogens (tertiary/aromatic N) is 1. The van der Waals surface area contributed by atoms with E-state index in [1.807, 2.05) is 24.3 Å². The van der Waals surface area contributed by atoms with Crippen LogP contribution >= 0.6 is 0 Å². The fourth-order valence-electron chi connectivity index (χ4n) is 2.85. The van der Waals surface area contributed by atoms with Gasteiger partial charge in [0, 0.05) is 18.5 Å². The van der Waals surface area contributed by atoms with E-state index in [1.54, 1.807) is 6.26 Å². The third-order valence-corrected chi connectivity index (χ3v) is 5.64. The number of fused-ring (bicyclic) bond motifs is 1. The lowest BCUT2D eigenvalue weighted by molar-refractivity contribution is -0.140. The van der Waals surface area contributed by atoms with Crippen LogP contribution in [0, 0.1) is 0 Å². The summed E-state index contributed by atoms with van der Waals surface area (Å²) in [5, 5.41) is 10.1. The van der Waals surface area contributed by atoms with E-state index >= 15 is 0 Å². The molecule has 8 heteroatoms. The Hall–Kier alpha value is -1.90. The highest BCUT2D eigenvalue weighted by atomic mass is 32.2. The molecule has 1 saturated heterocycles. The minimum atomic E-state index is -3.77. The van der Waals surface area contributed by atoms with Crippen molar-refractivity contribution in [2.24, 2.45) is 0 Å². The summed E-state index contributed by atoms with van der Waals surface area (Å²) in [6, 6.07) is 6.57. The lowest BCUT2D eigenvalue weighted by Crippen LogP contribution is -2.46. The maximum atomic E-state index is 12.2. The molecule has 0 amide bonds. The third-order valence-electron chi connectivity index (χ3n) is 4.01. The van der Waals surface area contributed by atoms with E-state index < -0.39 is 22.2 Å². The molecular formula is C15H18N2O5S. The second-order valence-electron chi connectivity index (χ2n) is 5.55. The number of aliphatic carboxylic acids is 1. The van der Waals surface area contributed by atoms with E-state index in [0.717, 1.165) is 20.8 Å². The van der Waals surface area contributed by atoms with Gasteiger partial charge in [-0.3, -0.25) is 4.79 Å². The van der Waals surface area contributed by atoms with Crippen molar-refractivity contribution in [3.63, 3.8) is 0 Å². The Balaban J connectivity index is 1.61. The van der Waals surface area contributed by atoms with Crippen molar-refractivity contribution in [1.29, 1.82) is 0 Å². The summed E-state index contributed by atoms with van der Waals surface area (Å²) in [6.07, 6.45) is 3.05. The Labute approximate surface area is 134 Å². The van der Waals surface area contributed by atoms with Crippen LogP contribution in [0.1, 0.15) is 18.4 Å². The van der Waals surface area contributed by atoms with Gasteiger partial charge in [-0.05, 0) is 43.0 Å². The number of carbonyl (C=O) groups is 1. The number of rotatable bonds is 6. The fraction of sp³-hybridized carbons (Fsp3) is 0.400. The van der Waals surface area contributed by atoms with Gasteiger partial charge in [-0.15, -0.1) is 0 Å². The van der Waals surface area contributed by atoms with Crippen LogP contribution in [-0.2, 0) is 21.4 Å². The second kappa shape index (κ2) is 6.31. The summed E-state index contributed by atoms with van der Waals surface area (Å²) in [4.78, 5) is 11.1. The van der Waals surface area contributed by atoms with E-state index in [4.69, 9.17) is 9.52 Å². The highest BCUT2D eigenvalue weighted by Crippen LogP contribution is 2.20. The topological polar surface area (TPSA) is 99.9 Å². The fourth-order valence-corrected chi connectivity index (χ4v) is 4.28. The van der Waals surface area contributed by atoms with Crippen LogP contribution in [0.25, 0.3) is 11.0 Å². The van der Waals surface area contributed by atoms with Gasteiger partial charge in [0.2, 0.25) is 0 Å². The first-order chi connectivity index (χ1) is 11.0. The molecule has 0 saturated carbocycles. The van der Waals surface area contributed by atoms with Gasteiger partial charge in [-0.2, -0.15) is 12.7 Å². The van der Waals surface area contributed by atoms with Gasteiger partial charge in [0.25, 0.3) is 10.2 Å². The van der Waals surface area contributed by atoms with E-state index in [2.05, 4.69) is 4.72 Å². The van der Waals surface area contributed by atoms with E-state index in [1.165, 1.54) is 0 Å². The van der Waals surface area contributed by atoms with E-state index in [-0.39, 0.29) is 13.1 Å². The zero-order valence-corrected chi connectivity index (χ0v) is 13.3. The lowest BCUT2D eigenvalue weighted by Gasteiger charge is -2.21. The van der Waals surface area contributed by atoms with Crippen LogP contribution in [0.2, 0.25) is 0 Å². The molecule has 1 aliphatic rings. The summed E-state index contributed by atoms with van der Waals surface area (Å²) in [6.45, 7) is 0.460. The molecule has 0 aliphatic carbocycles. The Morgan fingerprint density at radius 1 is 1.39 bits per heavy atom. The summed E-state index contributed by atoms with van der Waals surface area (Å²) < 4.78 is 33.3. The van der Waals surface area contributed by atoms with Crippen LogP contribution < -0.4 is 4.72 Å². The molecule has 7 nitrogen and oxygen atoms in total. The number of furan rings is 1. The van der Waals surface area contributed by atoms with Gasteiger partial charge in [0.1, 0.15) is 11.6 Å². The van der Waals surface area contributed by atoms with Crippen molar-refractivity contribution >= 4 is 27.1 Å². The molecule has 1 aliphatic heterocycles. The van der Waals surface area contributed by atoms with Crippen molar-refractivity contribution in [2.45, 2.75) is 25.3 Å². The molecule has 0 spiro atoms. The van der Waals surface area contributed by atoms with E-state index in [0.29, 0.717) is 19.3 Å². The van der Waals surface area contributed by atoms with Crippen molar-refractivity contribution in [3.8, 4) is 0 Å². The number of hydrogen-bond acceptors (Lipinski definition) is 4. The molecule has 3 rings (SSSR count). The molecule has 1 fully saturated rings. The van der Waals surface area contributed by atoms with Crippen LogP contribution in [0.15, 0.2) is 34.9 Å². The number of hydrogen-bond donors (Lipinski definition) is 2. The van der Waals surface area contributed by atoms with Crippen LogP contribution in [0.4, 0.5) is 0 Å². The zero-order valence-electron chi connectivity index (χ0n) is 12.4. The van der Waals surface area contributed by atoms with Gasteiger partial charge >= 0.3 is 5.97 Å². The molecule has 1 atom stereocenters. The molecular weight excluding hydrogens is 320 g/mol. The Kier molecular flexibility index (Phi) is 4.38. The highest BCUT2D eigenvalue weighted by molar-refractivity contribution is 7.87. The maximum Gasteiger partial charge on any atom is 0.322 e. The monoisotopic (exact) mass is 338 g/mol. The number of carboxylic acids is 1. The Morgan fingerprint density at radius 3 is 3.00 bits per heavy atom. The van der Waals surface area contributed by atoms with Crippen molar-refractivity contribution in [1.82, 2.24) is 9.03 Å². The predicted molar refractivity (Wildman–Crippen MR) is 84.2 cm³/mol. The molecule has 0 bridgehead atoms. The second-order valence-corrected chi connectivity index (χ2v) is 7.26. The van der Waals surface area contributed by atoms with E-state index in [9.17, 15) is 13.2 Å². The number of carboxylic acid groups (broad SMARTS) is 1. The normalized spacial score (nSPS) is 19.4. The Bertz CT molecular complexity index is 814. The van der Waals surface area contributed by atoms with Crippen LogP contribution in [-0.4, -0.2) is 42.9 Å². The van der Waals surface area contributed by atoms with Crippen LogP contribution in [0.3, 0.4) is 0 Å². The highest BCUT2D eigenvalue weighted by Gasteiger charge is 2.38. The first kappa shape index (κ1) is 16.0. The van der Waals surface area contributed by atoms with Gasteiger partial charge in [0.15, 0.2) is 0 Å². The van der Waals surface area contributed by atoms with Gasteiger partial charge in [0.05, 0.1) is 6.26 Å². The van der Waals surface area contributed by atoms with Crippen LogP contribution in [0.5, 0.6) is 0 Å². The standard InChI is InChI=1S/C15H18N2O5S/c18-15(19)13-2-1-8-17(13)23(20,21)16-7-5-11-3-4-14-12(10-11)6-9-22-14/h3-4,6,9-10,13,16H,1-2,5,7-8H2,(H,18,19)/t13-/m0/s1. The molecule has 0 radical (unpaired) electrons. The Morgan fingerprint density at radius 2 is 2.22 bits per heavy atom. The lowest BCUT2D eigenvalue weighted by atomic mass is 10.1. The molecule has 2 N–H and O–H groups in total. The van der Waals surface area contributed by atoms with Gasteiger partial charge < -0.3 is 9.52 Å². The van der Waals surface area contributed by atoms with Gasteiger partial charge in [-0.1, -0.05) is 6.07 Å². The summed E-state index contributed by atoms with van der Waals surface area (Å²) in [7, 11) is -3.77. The molecule has 1 aromatic heterocycles. The minimum Gasteiger partial charge on any atom is -0.480 e. The first-order valence-corrected chi connectivity index (χ1v) is 8.87. The summed E-state index contributed by atoms with van der Waals surface area (Å²) >= 11 is 0. The summed E-state index contributed by atoms with van der Waals surface area (Å²) in [5.74, 6) is -1.10. The number of nitrogens with one attached hydrogen (secondary N) is 1. The first-order valence-electron chi connectivity index (χ1n) is 7.43. The van der Waals surface area contributed by atoms with Crippen molar-refractivity contribution in [2.75, 3.05) is 13.1 Å². The largest absolute Gasteiger partial charge is 0.480 e. The SMILES string of the molecule is O=C(O)[C@@H]1CCCN1S(=O)(=O)NCCc1ccc2occc2c1. The van der Waals surface area contributed by atoms with Gasteiger partial charge in [-0.25, -0.2) is 4.72 Å². The quantitative estimate of drug-likeness (QED) is 0.828. The zero-order chi connectivity index (χ0) is 16.4. The molecule has 2 aromatic rings. The maximum absolute atomic E-state index is 12.2. The molecule has 124 valence electrons.